The van der Waals surface area contributed by atoms with Crippen molar-refractivity contribution in [1.29, 1.82) is 5.41 Å². The number of amides is 17. The topological polar surface area (TPSA) is 702 Å². The lowest BCUT2D eigenvalue weighted by molar-refractivity contribution is -0.137. The zero-order chi connectivity index (χ0) is 90.6. The maximum Gasteiger partial charge on any atom is 0.245 e. The summed E-state index contributed by atoms with van der Waals surface area (Å²) in [6.07, 6.45) is -0.440. The van der Waals surface area contributed by atoms with Gasteiger partial charge in [-0.3, -0.25) is 86.9 Å². The number of benzene rings is 2. The molecule has 1 aliphatic heterocycles. The zero-order valence-corrected chi connectivity index (χ0v) is 71.3. The number of hydrogen-bond acceptors (Lipinski definition) is 23. The van der Waals surface area contributed by atoms with Gasteiger partial charge in [0.2, 0.25) is 100 Å². The van der Waals surface area contributed by atoms with E-state index in [2.05, 4.69) is 89.7 Å². The fraction of sp³-hybridized carbons (Fsp3) is 0.564. The number of nitrogens with one attached hydrogen (secondary N) is 18. The van der Waals surface area contributed by atoms with E-state index in [1.807, 2.05) is 0 Å². The first-order valence-electron chi connectivity index (χ1n) is 40.3. The molecule has 1 fully saturated rings. The lowest BCUT2D eigenvalue weighted by atomic mass is 9.96. The molecule has 0 aliphatic carbocycles. The van der Waals surface area contributed by atoms with E-state index < -0.39 is 235 Å². The van der Waals surface area contributed by atoms with Crippen molar-refractivity contribution >= 4 is 150 Å². The molecule has 1 aliphatic rings. The summed E-state index contributed by atoms with van der Waals surface area (Å²) >= 11 is 0. The molecular weight excluding hydrogens is 1630 g/mol. The Morgan fingerprint density at radius 2 is 0.910 bits per heavy atom. The van der Waals surface area contributed by atoms with Gasteiger partial charge >= 0.3 is 0 Å². The SMILES string of the molecule is CC[C@H](C)[C@H]1NC(=O)[C@H](Cc2c[nH]c3ccccc23)NC(=O)[C@H](CCCN)NC(=O)CNC(=O)[C@H](CC(N)=O)NC(=O)[C@H](C(C)C)NC(=O)[C@H](CCCCN)NC(=O)[C@H](C(C)C)NC(=O)[C@H](Cc2c[nH]c3ccccc23)NC(=O)[C@H](CCCNC(=N)N)NC(=O)[C@@H](NC(C)=O)CSSC[C@@H](C(N)=O)NC(=O)[C@H](CCC(N)=O)NC(=O)[C@@H]([C@@H](C)O)NC1=O. The van der Waals surface area contributed by atoms with E-state index in [1.165, 1.54) is 0 Å². The minimum absolute atomic E-state index is 0.00434. The molecule has 15 atom stereocenters. The minimum Gasteiger partial charge on any atom is -0.391 e. The van der Waals surface area contributed by atoms with E-state index in [-0.39, 0.29) is 88.9 Å². The molecule has 0 bridgehead atoms. The molecule has 17 amide bonds. The molecule has 672 valence electrons. The Balaban J connectivity index is 1.61. The van der Waals surface area contributed by atoms with Crippen LogP contribution in [-0.2, 0) is 94.3 Å². The number of aromatic nitrogens is 2. The first-order chi connectivity index (χ1) is 57.8. The fourth-order valence-corrected chi connectivity index (χ4v) is 15.4. The highest BCUT2D eigenvalue weighted by atomic mass is 33.1. The van der Waals surface area contributed by atoms with Gasteiger partial charge in [-0.2, -0.15) is 0 Å². The summed E-state index contributed by atoms with van der Waals surface area (Å²) < 4.78 is 0. The number of rotatable bonds is 27. The number of H-pyrrole nitrogens is 2. The third kappa shape index (κ3) is 32.7. The summed E-state index contributed by atoms with van der Waals surface area (Å²) in [5.41, 5.74) is 36.6. The highest BCUT2D eigenvalue weighted by molar-refractivity contribution is 8.76. The number of primary amides is 3. The summed E-state index contributed by atoms with van der Waals surface area (Å²) in [6, 6.07) is -6.58. The molecule has 44 heteroatoms. The van der Waals surface area contributed by atoms with Crippen LogP contribution in [0.3, 0.4) is 0 Å². The van der Waals surface area contributed by atoms with Crippen molar-refractivity contribution in [1.82, 2.24) is 89.7 Å². The number of aliphatic hydroxyl groups is 1. The summed E-state index contributed by atoms with van der Waals surface area (Å²) in [6.45, 7) is 11.0. The van der Waals surface area contributed by atoms with Crippen molar-refractivity contribution in [2.24, 2.45) is 52.2 Å². The standard InChI is InChI=1S/C78H120N24O18S2/c1-9-40(6)63-76(119)102-64(41(7)103)77(120)94-52(25-26-58(81)105)69(112)98-56(65(83)108)36-121-122-37-57(90-42(8)104)73(116)92-51(24-17-29-86-78(84)85)68(111)96-53(30-43-33-87-47-20-12-10-18-45(43)47)71(114)100-61(38(2)3)74(117)93-50(22-14-15-27-79)70(113)99-62(39(4)5)75(118)97-55(32-59(82)106)66(109)89-35-60(107)91-49(23-16-28-80)67(110)95-54(72(115)101-63)31-44-34-88-48-21-13-11-19-46(44)48/h10-13,18-21,33-34,38-41,49-57,61-64,87-88,103H,9,14-17,22-32,35-37,79-80H2,1-8H3,(H2,81,105)(H2,82,106)(H2,83,108)(H,89,109)(H,90,104)(H,91,107)(H,92,116)(H,93,117)(H,94,120)(H,95,110)(H,96,111)(H,97,118)(H,98,112)(H,99,113)(H,100,114)(H,101,115)(H,102,119)(H4,84,85,86)/t40-,41+,49-,50-,51-,52-,53-,54-,55-,56-,57-,61-,62-,63+,64+/m0/s1. The molecule has 0 radical (unpaired) electrons. The third-order valence-electron chi connectivity index (χ3n) is 20.0. The molecule has 31 N–H and O–H groups in total. The van der Waals surface area contributed by atoms with Gasteiger partial charge in [0.15, 0.2) is 5.96 Å². The van der Waals surface area contributed by atoms with Gasteiger partial charge in [0, 0.05) is 78.4 Å². The maximum absolute atomic E-state index is 15.1. The minimum atomic E-state index is -1.92. The van der Waals surface area contributed by atoms with Crippen molar-refractivity contribution < 1.29 is 86.6 Å². The second kappa shape index (κ2) is 50.6. The van der Waals surface area contributed by atoms with E-state index in [0.717, 1.165) is 35.4 Å². The molecule has 0 unspecified atom stereocenters. The van der Waals surface area contributed by atoms with Crippen molar-refractivity contribution in [3.8, 4) is 0 Å². The van der Waals surface area contributed by atoms with Gasteiger partial charge in [-0.05, 0) is 112 Å². The highest BCUT2D eigenvalue weighted by Crippen LogP contribution is 2.26. The number of carbonyl (C=O) groups excluding carboxylic acids is 17. The van der Waals surface area contributed by atoms with E-state index >= 15 is 4.79 Å². The number of hydrogen-bond donors (Lipinski definition) is 25. The van der Waals surface area contributed by atoms with E-state index in [1.54, 1.807) is 102 Å². The molecule has 2 aromatic carbocycles. The van der Waals surface area contributed by atoms with Gasteiger partial charge in [-0.1, -0.05) is 106 Å². The summed E-state index contributed by atoms with van der Waals surface area (Å²) in [4.78, 5) is 247. The van der Waals surface area contributed by atoms with Gasteiger partial charge in [0.25, 0.3) is 0 Å². The number of aromatic amines is 2. The molecule has 122 heavy (non-hydrogen) atoms. The molecule has 0 spiro atoms. The normalized spacial score (nSPS) is 24.1. The number of guanidine groups is 1. The van der Waals surface area contributed by atoms with Crippen molar-refractivity contribution in [3.05, 3.63) is 72.1 Å². The summed E-state index contributed by atoms with van der Waals surface area (Å²) in [5, 5.41) is 58.7. The van der Waals surface area contributed by atoms with Crippen LogP contribution in [0.4, 0.5) is 0 Å². The number of nitrogens with two attached hydrogens (primary N) is 6. The third-order valence-corrected chi connectivity index (χ3v) is 22.5. The van der Waals surface area contributed by atoms with E-state index in [4.69, 9.17) is 39.8 Å². The molecule has 5 rings (SSSR count). The number of unbranched alkanes of at least 4 members (excludes halogenated alkanes) is 1. The molecule has 1 saturated heterocycles. The molecule has 3 heterocycles. The fourth-order valence-electron chi connectivity index (χ4n) is 13.0. The van der Waals surface area contributed by atoms with Crippen molar-refractivity contribution in [2.75, 3.05) is 37.7 Å². The van der Waals surface area contributed by atoms with Crippen molar-refractivity contribution in [3.63, 3.8) is 0 Å². The van der Waals surface area contributed by atoms with Crippen LogP contribution < -0.4 is 114 Å². The quantitative estimate of drug-likeness (QED) is 0.0115. The van der Waals surface area contributed by atoms with Crippen LogP contribution in [0.15, 0.2) is 60.9 Å². The summed E-state index contributed by atoms with van der Waals surface area (Å²) in [7, 11) is 1.76. The molecule has 4 aromatic rings. The van der Waals surface area contributed by atoms with E-state index in [0.29, 0.717) is 39.4 Å². The number of carbonyl (C=O) groups is 17. The Labute approximate surface area is 713 Å². The second-order valence-corrected chi connectivity index (χ2v) is 33.1. The van der Waals surface area contributed by atoms with Gasteiger partial charge in [0.1, 0.15) is 78.5 Å². The average Bonchev–Trinajstić information content (AvgIpc) is 1.66. The van der Waals surface area contributed by atoms with Crippen LogP contribution in [0.5, 0.6) is 0 Å². The van der Waals surface area contributed by atoms with E-state index in [9.17, 15) is 81.8 Å². The number of para-hydroxylation sites is 2. The number of aliphatic hydroxyl groups excluding tert-OH is 1. The zero-order valence-electron chi connectivity index (χ0n) is 69.7. The Bertz CT molecular complexity index is 4330. The first kappa shape index (κ1) is 101. The van der Waals surface area contributed by atoms with Gasteiger partial charge in [0.05, 0.1) is 19.1 Å². The summed E-state index contributed by atoms with van der Waals surface area (Å²) in [5.74, 6) is -20.3. The van der Waals surface area contributed by atoms with Gasteiger partial charge in [-0.25, -0.2) is 0 Å². The van der Waals surface area contributed by atoms with Gasteiger partial charge < -0.3 is 129 Å². The second-order valence-electron chi connectivity index (χ2n) is 30.6. The Morgan fingerprint density at radius 3 is 1.39 bits per heavy atom. The van der Waals surface area contributed by atoms with Crippen LogP contribution in [0.25, 0.3) is 21.8 Å². The number of fused-ring (bicyclic) bond motifs is 2. The van der Waals surface area contributed by atoms with Crippen LogP contribution in [0.1, 0.15) is 137 Å². The maximum atomic E-state index is 15.1. The Kier molecular flexibility index (Phi) is 41.8. The Morgan fingerprint density at radius 1 is 0.484 bits per heavy atom. The van der Waals surface area contributed by atoms with Crippen LogP contribution in [-0.4, -0.2) is 244 Å². The molecular formula is C78H120N24O18S2. The first-order valence-corrected chi connectivity index (χ1v) is 42.8. The monoisotopic (exact) mass is 1740 g/mol. The lowest BCUT2D eigenvalue weighted by Gasteiger charge is -2.30. The van der Waals surface area contributed by atoms with Crippen LogP contribution in [0, 0.1) is 23.2 Å². The largest absolute Gasteiger partial charge is 0.391 e. The predicted octanol–water partition coefficient (Wildman–Crippen LogP) is -5.24. The average molecular weight is 1750 g/mol. The lowest BCUT2D eigenvalue weighted by Crippen LogP contribution is -2.62. The Hall–Kier alpha value is -11.6. The predicted molar refractivity (Wildman–Crippen MR) is 455 cm³/mol. The molecule has 0 saturated carbocycles. The van der Waals surface area contributed by atoms with Gasteiger partial charge in [-0.15, -0.1) is 0 Å². The van der Waals surface area contributed by atoms with Crippen LogP contribution >= 0.6 is 21.6 Å². The smallest absolute Gasteiger partial charge is 0.245 e. The molecule has 42 nitrogen and oxygen atoms in total. The van der Waals surface area contributed by atoms with Crippen molar-refractivity contribution in [2.45, 2.75) is 224 Å². The van der Waals surface area contributed by atoms with Crippen LogP contribution in [0.2, 0.25) is 0 Å². The highest BCUT2D eigenvalue weighted by Gasteiger charge is 2.40. The molecule has 2 aromatic heterocycles.